The van der Waals surface area contributed by atoms with Gasteiger partial charge in [0.15, 0.2) is 0 Å². The zero-order valence-corrected chi connectivity index (χ0v) is 40.6. The maximum absolute atomic E-state index is 9.14. The molecule has 0 amide bonds. The Morgan fingerprint density at radius 1 is 0.571 bits per heavy atom. The molecule has 0 spiro atoms. The van der Waals surface area contributed by atoms with Crippen LogP contribution in [0.3, 0.4) is 0 Å². The molecule has 6 nitrogen and oxygen atoms in total. The molecular weight excluding hydrogens is 1180 g/mol. The van der Waals surface area contributed by atoms with Crippen molar-refractivity contribution in [2.24, 2.45) is 0 Å². The molecule has 3 N–H and O–H groups in total. The fourth-order valence-corrected chi connectivity index (χ4v) is 10.1. The van der Waals surface area contributed by atoms with Gasteiger partial charge >= 0.3 is 29.6 Å². The number of hydrogen-bond donors (Lipinski definition) is 1. The molecule has 0 aliphatic carbocycles. The van der Waals surface area contributed by atoms with Gasteiger partial charge in [0.05, 0.1) is 65.1 Å². The molecule has 0 saturated carbocycles. The van der Waals surface area contributed by atoms with Gasteiger partial charge in [-0.3, -0.25) is 0 Å². The van der Waals surface area contributed by atoms with Gasteiger partial charge in [0.2, 0.25) is 11.4 Å². The number of nitrogens with two attached hydrogens (primary N) is 1. The van der Waals surface area contributed by atoms with E-state index >= 15 is 0 Å². The monoisotopic (exact) mass is 1180 g/mol. The molecule has 4 aromatic carbocycles. The van der Waals surface area contributed by atoms with E-state index in [9.17, 15) is 0 Å². The summed E-state index contributed by atoms with van der Waals surface area (Å²) in [6, 6.07) is 11.2. The Hall–Kier alpha value is 0.510. The largest absolute Gasteiger partial charge is 1.00 e. The molecule has 0 fully saturated rings. The summed E-state index contributed by atoms with van der Waals surface area (Å²) in [5.41, 5.74) is 7.80. The number of anilines is 1. The molecule has 0 aliphatic rings. The summed E-state index contributed by atoms with van der Waals surface area (Å²) in [6.07, 6.45) is 0.330. The van der Waals surface area contributed by atoms with Crippen LogP contribution in [0.4, 0.5) is 17.1 Å². The summed E-state index contributed by atoms with van der Waals surface area (Å²) >= 11 is 61.8. The fourth-order valence-electron chi connectivity index (χ4n) is 3.36. The molecule has 0 heterocycles. The van der Waals surface area contributed by atoms with Crippen molar-refractivity contribution in [3.05, 3.63) is 131 Å². The van der Waals surface area contributed by atoms with Gasteiger partial charge in [-0.05, 0) is 73.7 Å². The van der Waals surface area contributed by atoms with Gasteiger partial charge in [-0.25, -0.2) is 9.69 Å². The molecule has 20 heteroatoms. The molecule has 0 bridgehead atoms. The first kappa shape index (κ1) is 49.5. The van der Waals surface area contributed by atoms with Gasteiger partial charge in [0.1, 0.15) is 12.1 Å². The summed E-state index contributed by atoms with van der Waals surface area (Å²) in [5, 5.41) is 17.9. The molecule has 248 valence electrons. The number of nitrogen functional groups attached to an aromatic ring is 1. The molecule has 0 aromatic heterocycles. The number of benzene rings is 4. The third-order valence-electron chi connectivity index (χ3n) is 5.58. The minimum atomic E-state index is -0.0677. The van der Waals surface area contributed by atoms with Gasteiger partial charge in [0.25, 0.3) is 0 Å². The second-order valence-corrected chi connectivity index (χ2v) is 16.3. The average molecular weight is 1190 g/mol. The summed E-state index contributed by atoms with van der Waals surface area (Å²) in [6.45, 7) is 14.2. The van der Waals surface area contributed by atoms with Crippen molar-refractivity contribution in [1.82, 2.24) is 0 Å². The van der Waals surface area contributed by atoms with Gasteiger partial charge < -0.3 is 11.2 Å². The minimum Gasteiger partial charge on any atom is -0.870 e. The van der Waals surface area contributed by atoms with Crippen LogP contribution in [0.2, 0.25) is 35.2 Å². The third-order valence-corrected chi connectivity index (χ3v) is 12.2. The van der Waals surface area contributed by atoms with Gasteiger partial charge in [-0.1, -0.05) is 145 Å². The Morgan fingerprint density at radius 2 is 0.939 bits per heavy atom. The second kappa shape index (κ2) is 22.7. The Labute approximate surface area is 389 Å². The molecular formula is C29H9Br6Cl7N5NaO. The maximum Gasteiger partial charge on any atom is 1.00 e. The summed E-state index contributed by atoms with van der Waals surface area (Å²) in [5.74, 6) is 0. The van der Waals surface area contributed by atoms with Crippen LogP contribution in [-0.2, 0) is 6.42 Å². The molecule has 49 heavy (non-hydrogen) atoms. The van der Waals surface area contributed by atoms with Gasteiger partial charge in [-0.15, -0.1) is 0 Å². The van der Waals surface area contributed by atoms with E-state index in [1.807, 2.05) is 30.3 Å². The van der Waals surface area contributed by atoms with E-state index in [-0.39, 0.29) is 92.7 Å². The standard InChI is InChI=1S/C15H4Br3Cl3N2.C8Cl4N2.C6H4Br3N.Na.H2O/c1-23-15-8(12(19)13(20)9(5-22)14(15)21)4-7-10(17)2-6(16)3-11(7)18;1-14-8-5(10)3(2-13)4(9)6(11)7(8)12;7-3-1-4(8)6(10)5(9)2-3;;/h2-3H,4H2;;1-2H,10H2;;1H2/q;;;+1;/p-1. The van der Waals surface area contributed by atoms with E-state index in [2.05, 4.69) is 105 Å². The predicted octanol–water partition coefficient (Wildman–Crippen LogP) is 13.1. The van der Waals surface area contributed by atoms with Crippen molar-refractivity contribution in [2.75, 3.05) is 5.73 Å². The number of nitriles is 2. The number of hydrogen-bond acceptors (Lipinski definition) is 4. The van der Waals surface area contributed by atoms with E-state index in [4.69, 9.17) is 111 Å². The first-order valence-electron chi connectivity index (χ1n) is 11.6. The zero-order chi connectivity index (χ0) is 35.9. The van der Waals surface area contributed by atoms with Crippen molar-refractivity contribution in [1.29, 1.82) is 10.5 Å². The Bertz CT molecular complexity index is 2010. The Balaban J connectivity index is 0.000000758. The van der Waals surface area contributed by atoms with E-state index < -0.39 is 0 Å². The maximum atomic E-state index is 9.14. The van der Waals surface area contributed by atoms with Crippen LogP contribution in [0.1, 0.15) is 22.3 Å². The first-order chi connectivity index (χ1) is 22.0. The smallest absolute Gasteiger partial charge is 0.870 e. The van der Waals surface area contributed by atoms with Crippen molar-refractivity contribution >= 4 is 194 Å². The van der Waals surface area contributed by atoms with Crippen LogP contribution in [0.25, 0.3) is 9.69 Å². The number of nitrogens with zero attached hydrogens (tertiary/aromatic N) is 4. The van der Waals surface area contributed by atoms with E-state index in [1.165, 1.54) is 0 Å². The van der Waals surface area contributed by atoms with E-state index in [1.54, 1.807) is 6.07 Å². The molecule has 4 rings (SSSR count). The first-order valence-corrected chi connectivity index (χ1v) is 19.0. The van der Waals surface area contributed by atoms with E-state index in [0.29, 0.717) is 12.0 Å². The molecule has 0 unspecified atom stereocenters. The van der Waals surface area contributed by atoms with Crippen LogP contribution < -0.4 is 35.3 Å². The van der Waals surface area contributed by atoms with Crippen LogP contribution >= 0.6 is 177 Å². The van der Waals surface area contributed by atoms with Crippen molar-refractivity contribution in [2.45, 2.75) is 6.42 Å². The molecule has 0 saturated heterocycles. The third kappa shape index (κ3) is 12.3. The molecule has 0 radical (unpaired) electrons. The van der Waals surface area contributed by atoms with Crippen LogP contribution in [0, 0.1) is 35.8 Å². The SMILES string of the molecule is Nc1c(Br)cc(Br)cc1Br.[C-]#[N+]c1c(Cl)c(C#N)c(Cl)c(Cl)c1Cc1c(Br)cc(Br)cc1Br.[C-]#[N+]c1c(Cl)c(Cl)c(Cl)c(C#N)c1Cl.[Na+].[OH-]. The van der Waals surface area contributed by atoms with Crippen molar-refractivity contribution in [3.63, 3.8) is 0 Å². The van der Waals surface area contributed by atoms with Crippen LogP contribution in [0.5, 0.6) is 0 Å². The Kier molecular flexibility index (Phi) is 22.9. The predicted molar refractivity (Wildman–Crippen MR) is 218 cm³/mol. The molecule has 0 aliphatic heterocycles. The summed E-state index contributed by atoms with van der Waals surface area (Å²) in [7, 11) is 0. The minimum absolute atomic E-state index is 0. The fraction of sp³-hybridized carbons (Fsp3) is 0.0345. The van der Waals surface area contributed by atoms with Crippen molar-refractivity contribution < 1.29 is 35.0 Å². The average Bonchev–Trinajstić information content (AvgIpc) is 3.00. The van der Waals surface area contributed by atoms with Gasteiger partial charge in [-0.2, -0.15) is 10.5 Å². The quantitative estimate of drug-likeness (QED) is 0.0708. The normalized spacial score (nSPS) is 9.49. The van der Waals surface area contributed by atoms with Crippen LogP contribution in [0.15, 0.2) is 51.1 Å². The molecule has 4 aromatic rings. The zero-order valence-electron chi connectivity index (χ0n) is 23.7. The topological polar surface area (TPSA) is 112 Å². The number of rotatable bonds is 2. The number of halogens is 13. The van der Waals surface area contributed by atoms with Crippen LogP contribution in [-0.4, -0.2) is 5.48 Å². The summed E-state index contributed by atoms with van der Waals surface area (Å²) < 4.78 is 5.36. The second-order valence-electron chi connectivity index (χ2n) is 8.38. The van der Waals surface area contributed by atoms with Crippen molar-refractivity contribution in [3.8, 4) is 12.1 Å². The summed E-state index contributed by atoms with van der Waals surface area (Å²) in [4.78, 5) is 6.51. The molecule has 0 atom stereocenters. The van der Waals surface area contributed by atoms with Gasteiger partial charge in [0, 0.05) is 26.8 Å². The van der Waals surface area contributed by atoms with E-state index in [0.717, 1.165) is 38.1 Å². The Morgan fingerprint density at radius 3 is 1.33 bits per heavy atom.